The largest absolute Gasteiger partial charge is 3.00 e. The first kappa shape index (κ1) is 88.1. The molecule has 0 unspecified atom stereocenters. The van der Waals surface area contributed by atoms with Crippen molar-refractivity contribution in [3.8, 4) is 0 Å². The van der Waals surface area contributed by atoms with Gasteiger partial charge in [-0.1, -0.05) is 0 Å². The summed E-state index contributed by atoms with van der Waals surface area (Å²) >= 11 is 3.64. The van der Waals surface area contributed by atoms with Crippen LogP contribution in [0.2, 0.25) is 0 Å². The number of hydrogen-bond acceptors (Lipinski definition) is 1. The minimum Gasteiger partial charge on any atom is -2.00 e. The molecule has 0 saturated heterocycles. The summed E-state index contributed by atoms with van der Waals surface area (Å²) in [6.45, 7) is 0. The van der Waals surface area contributed by atoms with Crippen molar-refractivity contribution in [3.05, 3.63) is 0 Å². The van der Waals surface area contributed by atoms with Gasteiger partial charge in [0.05, 0.1) is 11.9 Å². The van der Waals surface area contributed by atoms with Gasteiger partial charge in [-0.15, -0.1) is 0 Å². The second-order valence-electron chi connectivity index (χ2n) is 0. The Bertz CT molecular complexity index is 9.65. The van der Waals surface area contributed by atoms with Crippen LogP contribution in [0.25, 0.3) is 0 Å². The molecule has 0 rings (SSSR count). The summed E-state index contributed by atoms with van der Waals surface area (Å²) in [5.74, 6) is 0. The van der Waals surface area contributed by atoms with Crippen molar-refractivity contribution in [1.29, 1.82) is 0 Å². The molecular weight excluding hydrogens is 153 g/mol. The minimum absolute atomic E-state index is 0. The van der Waals surface area contributed by atoms with Crippen LogP contribution in [0.1, 0.15) is 0 Å². The average Bonchev–Trinajstić information content (AvgIpc) is 1.00. The smallest absolute Gasteiger partial charge is 2.00 e. The molecule has 38 valence electrons. The molecule has 0 bridgehead atoms. The van der Waals surface area contributed by atoms with Crippen molar-refractivity contribution in [2.45, 2.75) is 0 Å². The first-order chi connectivity index (χ1) is 1.00. The van der Waals surface area contributed by atoms with Crippen molar-refractivity contribution in [3.63, 3.8) is 0 Å². The third kappa shape index (κ3) is 136. The molecule has 0 saturated carbocycles. The molecule has 0 aromatic rings. The Morgan fingerprint density at radius 3 is 0.714 bits per heavy atom. The first-order valence-electron chi connectivity index (χ1n) is 0.169. The van der Waals surface area contributed by atoms with E-state index in [1.54, 1.807) is 0 Å². The van der Waals surface area contributed by atoms with E-state index >= 15 is 0 Å². The molecule has 0 heterocycles. The van der Waals surface area contributed by atoms with Gasteiger partial charge in [0.15, 0.2) is 0 Å². The molecular formula is HAl2ClO4. The Labute approximate surface area is 67.8 Å². The van der Waals surface area contributed by atoms with E-state index in [-0.39, 0.29) is 51.2 Å². The summed E-state index contributed by atoms with van der Waals surface area (Å²) in [6, 6.07) is 0. The van der Waals surface area contributed by atoms with E-state index in [1.807, 2.05) is 0 Å². The molecule has 0 atom stereocenters. The van der Waals surface area contributed by atoms with E-state index in [4.69, 9.17) is 4.66 Å². The van der Waals surface area contributed by atoms with Gasteiger partial charge in [-0.3, -0.25) is 4.66 Å². The van der Waals surface area contributed by atoms with Crippen LogP contribution >= 0.6 is 11.9 Å². The van der Waals surface area contributed by atoms with Gasteiger partial charge in [0.1, 0.15) is 0 Å². The molecule has 0 fully saturated rings. The monoisotopic (exact) mass is 154 g/mol. The van der Waals surface area contributed by atoms with Crippen LogP contribution in [0.5, 0.6) is 0 Å². The SMILES string of the molecule is OCl.[Al+3].[Al+3].[O-2].[O-2].[O-2]. The summed E-state index contributed by atoms with van der Waals surface area (Å²) in [5, 5.41) is 0. The predicted molar refractivity (Wildman–Crippen MR) is 21.6 cm³/mol. The van der Waals surface area contributed by atoms with Crippen molar-refractivity contribution in [2.75, 3.05) is 0 Å². The van der Waals surface area contributed by atoms with Crippen molar-refractivity contribution < 1.29 is 21.1 Å². The van der Waals surface area contributed by atoms with Crippen LogP contribution in [0.3, 0.4) is 0 Å². The van der Waals surface area contributed by atoms with Gasteiger partial charge in [0.25, 0.3) is 0 Å². The van der Waals surface area contributed by atoms with Crippen LogP contribution in [0.15, 0.2) is 0 Å². The van der Waals surface area contributed by atoms with Crippen LogP contribution in [-0.2, 0) is 16.4 Å². The standard InChI is InChI=1S/2Al.ClHO.3O/c;;1-2;;;/h;;2H;;;/q2*+3;;3*-2. The van der Waals surface area contributed by atoms with Gasteiger partial charge in [0.2, 0.25) is 0 Å². The molecule has 0 aromatic carbocycles. The third-order valence-corrected chi connectivity index (χ3v) is 0. The second-order valence-corrected chi connectivity index (χ2v) is 0. The molecule has 0 aliphatic heterocycles. The Hall–Kier alpha value is 1.19. The number of halogens is 1. The van der Waals surface area contributed by atoms with E-state index in [1.165, 1.54) is 0 Å². The molecule has 0 spiro atoms. The van der Waals surface area contributed by atoms with E-state index < -0.39 is 0 Å². The van der Waals surface area contributed by atoms with Gasteiger partial charge < -0.3 is 16.4 Å². The predicted octanol–water partition coefficient (Wildman–Crippen LogP) is -0.986. The zero-order chi connectivity index (χ0) is 2.00. The molecule has 0 aliphatic rings. The number of rotatable bonds is 0. The molecule has 0 aromatic heterocycles. The van der Waals surface area contributed by atoms with Crippen LogP contribution in [0.4, 0.5) is 0 Å². The van der Waals surface area contributed by atoms with Crippen LogP contribution < -0.4 is 0 Å². The van der Waals surface area contributed by atoms with Gasteiger partial charge in [-0.25, -0.2) is 0 Å². The first-order valence-corrected chi connectivity index (χ1v) is 0.507. The average molecular weight is 154 g/mol. The second kappa shape index (κ2) is 193. The van der Waals surface area contributed by atoms with E-state index in [9.17, 15) is 0 Å². The van der Waals surface area contributed by atoms with Crippen LogP contribution in [0, 0.1) is 0 Å². The summed E-state index contributed by atoms with van der Waals surface area (Å²) in [6.07, 6.45) is 0. The van der Waals surface area contributed by atoms with Crippen molar-refractivity contribution >= 4 is 46.6 Å². The normalized spacial score (nSPS) is 0.857. The molecule has 1 N–H and O–H groups in total. The maximum atomic E-state index is 6.47. The molecule has 7 heteroatoms. The fourth-order valence-electron chi connectivity index (χ4n) is 0. The van der Waals surface area contributed by atoms with Gasteiger partial charge in [-0.05, 0) is 0 Å². The van der Waals surface area contributed by atoms with E-state index in [2.05, 4.69) is 11.9 Å². The molecule has 0 radical (unpaired) electrons. The van der Waals surface area contributed by atoms with E-state index in [0.29, 0.717) is 0 Å². The van der Waals surface area contributed by atoms with Gasteiger partial charge in [-0.2, -0.15) is 0 Å². The fraction of sp³-hybridized carbons (Fsp3) is 0. The summed E-state index contributed by atoms with van der Waals surface area (Å²) in [4.78, 5) is 0. The topological polar surface area (TPSA) is 106 Å². The Morgan fingerprint density at radius 1 is 0.714 bits per heavy atom. The summed E-state index contributed by atoms with van der Waals surface area (Å²) < 4.78 is 6.47. The Morgan fingerprint density at radius 2 is 0.714 bits per heavy atom. The maximum Gasteiger partial charge on any atom is 3.00 e. The Balaban J connectivity index is -0.000000000500. The van der Waals surface area contributed by atoms with E-state index in [0.717, 1.165) is 0 Å². The van der Waals surface area contributed by atoms with Crippen molar-refractivity contribution in [2.24, 2.45) is 0 Å². The quantitative estimate of drug-likeness (QED) is 0.445. The molecule has 0 aliphatic carbocycles. The zero-order valence-electron chi connectivity index (χ0n) is 3.20. The fourth-order valence-corrected chi connectivity index (χ4v) is 0. The molecule has 0 amide bonds. The third-order valence-electron chi connectivity index (χ3n) is 0. The Kier molecular flexibility index (Phi) is 2430. The van der Waals surface area contributed by atoms with Gasteiger partial charge >= 0.3 is 34.7 Å². The van der Waals surface area contributed by atoms with Gasteiger partial charge in [0, 0.05) is 0 Å². The molecule has 7 heavy (non-hydrogen) atoms. The summed E-state index contributed by atoms with van der Waals surface area (Å²) in [5.41, 5.74) is 0. The molecule has 4 nitrogen and oxygen atoms in total. The maximum absolute atomic E-state index is 6.47. The zero-order valence-corrected chi connectivity index (χ0v) is 6.27. The number of hydrogen-bond donors (Lipinski definition) is 1. The van der Waals surface area contributed by atoms with Crippen LogP contribution in [-0.4, -0.2) is 39.4 Å². The summed E-state index contributed by atoms with van der Waals surface area (Å²) in [7, 11) is 0. The van der Waals surface area contributed by atoms with Crippen molar-refractivity contribution in [1.82, 2.24) is 0 Å². The minimum atomic E-state index is 0.